The van der Waals surface area contributed by atoms with Crippen molar-refractivity contribution in [1.82, 2.24) is 10.2 Å². The fraction of sp³-hybridized carbons (Fsp3) is 1.00. The largest absolute Gasteiger partial charge is 0.385 e. The summed E-state index contributed by atoms with van der Waals surface area (Å²) in [7, 11) is 1.77. The predicted octanol–water partition coefficient (Wildman–Crippen LogP) is 1.75. The van der Waals surface area contributed by atoms with Crippen LogP contribution in [0.3, 0.4) is 0 Å². The maximum atomic E-state index is 5.45. The smallest absolute Gasteiger partial charge is 0.0594 e. The third-order valence-corrected chi connectivity index (χ3v) is 3.76. The van der Waals surface area contributed by atoms with E-state index in [-0.39, 0.29) is 0 Å². The van der Waals surface area contributed by atoms with Crippen LogP contribution in [0, 0.1) is 5.92 Å². The van der Waals surface area contributed by atoms with Crippen molar-refractivity contribution < 1.29 is 9.47 Å². The number of hydrogen-bond donors (Lipinski definition) is 1. The Balaban J connectivity index is 2.35. The minimum atomic E-state index is 0.524. The molecule has 2 atom stereocenters. The van der Waals surface area contributed by atoms with Crippen LogP contribution in [-0.4, -0.2) is 63.5 Å². The molecule has 0 aromatic rings. The van der Waals surface area contributed by atoms with Crippen molar-refractivity contribution in [2.24, 2.45) is 5.92 Å². The minimum Gasteiger partial charge on any atom is -0.385 e. The van der Waals surface area contributed by atoms with Crippen LogP contribution in [0.4, 0.5) is 0 Å². The van der Waals surface area contributed by atoms with E-state index in [1.54, 1.807) is 7.11 Å². The van der Waals surface area contributed by atoms with Crippen LogP contribution in [-0.2, 0) is 9.47 Å². The van der Waals surface area contributed by atoms with Gasteiger partial charge in [0.25, 0.3) is 0 Å². The fourth-order valence-corrected chi connectivity index (χ4v) is 2.58. The van der Waals surface area contributed by atoms with Crippen molar-refractivity contribution in [3.05, 3.63) is 0 Å². The van der Waals surface area contributed by atoms with Gasteiger partial charge in [-0.05, 0) is 25.7 Å². The Labute approximate surface area is 118 Å². The Bertz CT molecular complexity index is 218. The second-order valence-corrected chi connectivity index (χ2v) is 6.02. The molecule has 1 saturated heterocycles. The van der Waals surface area contributed by atoms with Crippen LogP contribution < -0.4 is 5.32 Å². The molecule has 1 aliphatic heterocycles. The minimum absolute atomic E-state index is 0.524. The average Bonchev–Trinajstić information content (AvgIpc) is 2.41. The number of nitrogens with one attached hydrogen (secondary N) is 1. The average molecular weight is 272 g/mol. The lowest BCUT2D eigenvalue weighted by Crippen LogP contribution is -2.49. The Kier molecular flexibility index (Phi) is 8.62. The van der Waals surface area contributed by atoms with E-state index in [4.69, 9.17) is 9.47 Å². The highest BCUT2D eigenvalue weighted by Gasteiger charge is 2.22. The molecular weight excluding hydrogens is 240 g/mol. The maximum Gasteiger partial charge on any atom is 0.0594 e. The van der Waals surface area contributed by atoms with Crippen LogP contribution in [0.1, 0.15) is 33.6 Å². The third kappa shape index (κ3) is 7.25. The molecule has 0 aromatic heterocycles. The van der Waals surface area contributed by atoms with Crippen LogP contribution in [0.5, 0.6) is 0 Å². The standard InChI is InChI=1S/C15H32N2O2/c1-13(2)11-15(17-6-9-19-10-7-17)12-16-14(3)5-8-18-4/h13-16H,5-12H2,1-4H3. The monoisotopic (exact) mass is 272 g/mol. The Hall–Kier alpha value is -0.160. The van der Waals surface area contributed by atoms with Gasteiger partial charge in [-0.25, -0.2) is 0 Å². The molecule has 1 aliphatic rings. The predicted molar refractivity (Wildman–Crippen MR) is 79.6 cm³/mol. The molecule has 0 saturated carbocycles. The topological polar surface area (TPSA) is 33.7 Å². The molecule has 1 heterocycles. The molecule has 0 aromatic carbocycles. The number of hydrogen-bond acceptors (Lipinski definition) is 4. The second kappa shape index (κ2) is 9.70. The van der Waals surface area contributed by atoms with Gasteiger partial charge in [0.1, 0.15) is 0 Å². The van der Waals surface area contributed by atoms with E-state index in [2.05, 4.69) is 31.0 Å². The van der Waals surface area contributed by atoms with E-state index in [1.807, 2.05) is 0 Å². The summed E-state index contributed by atoms with van der Waals surface area (Å²) in [5.74, 6) is 0.740. The molecule has 0 spiro atoms. The van der Waals surface area contributed by atoms with Crippen LogP contribution >= 0.6 is 0 Å². The molecule has 1 N–H and O–H groups in total. The highest BCUT2D eigenvalue weighted by molar-refractivity contribution is 4.78. The van der Waals surface area contributed by atoms with Crippen molar-refractivity contribution in [1.29, 1.82) is 0 Å². The van der Waals surface area contributed by atoms with Gasteiger partial charge >= 0.3 is 0 Å². The Morgan fingerprint density at radius 1 is 1.21 bits per heavy atom. The summed E-state index contributed by atoms with van der Waals surface area (Å²) in [5, 5.41) is 3.66. The summed E-state index contributed by atoms with van der Waals surface area (Å²) in [6.07, 6.45) is 2.33. The maximum absolute atomic E-state index is 5.45. The number of ether oxygens (including phenoxy) is 2. The summed E-state index contributed by atoms with van der Waals surface area (Å²) < 4.78 is 10.6. The molecule has 0 amide bonds. The summed E-state index contributed by atoms with van der Waals surface area (Å²) in [6.45, 7) is 12.7. The number of nitrogens with zero attached hydrogens (tertiary/aromatic N) is 1. The number of methoxy groups -OCH3 is 1. The van der Waals surface area contributed by atoms with Gasteiger partial charge in [0.05, 0.1) is 13.2 Å². The first-order valence-electron chi connectivity index (χ1n) is 7.67. The van der Waals surface area contributed by atoms with E-state index in [9.17, 15) is 0 Å². The lowest BCUT2D eigenvalue weighted by Gasteiger charge is -2.36. The van der Waals surface area contributed by atoms with Gasteiger partial charge in [-0.15, -0.1) is 0 Å². The highest BCUT2D eigenvalue weighted by Crippen LogP contribution is 2.13. The van der Waals surface area contributed by atoms with Crippen molar-refractivity contribution in [2.75, 3.05) is 46.6 Å². The number of morpholine rings is 1. The van der Waals surface area contributed by atoms with Gasteiger partial charge in [0.2, 0.25) is 0 Å². The molecule has 4 heteroatoms. The second-order valence-electron chi connectivity index (χ2n) is 6.02. The zero-order valence-electron chi connectivity index (χ0n) is 13.2. The van der Waals surface area contributed by atoms with Gasteiger partial charge in [0, 0.05) is 45.4 Å². The van der Waals surface area contributed by atoms with E-state index in [0.717, 1.165) is 51.8 Å². The quantitative estimate of drug-likeness (QED) is 0.693. The van der Waals surface area contributed by atoms with Crippen molar-refractivity contribution >= 4 is 0 Å². The molecule has 0 bridgehead atoms. The van der Waals surface area contributed by atoms with E-state index >= 15 is 0 Å². The van der Waals surface area contributed by atoms with Gasteiger partial charge in [-0.2, -0.15) is 0 Å². The van der Waals surface area contributed by atoms with Crippen LogP contribution in [0.2, 0.25) is 0 Å². The van der Waals surface area contributed by atoms with Crippen LogP contribution in [0.15, 0.2) is 0 Å². The molecule has 0 aliphatic carbocycles. The summed E-state index contributed by atoms with van der Waals surface area (Å²) >= 11 is 0. The molecule has 1 fully saturated rings. The normalized spacial score (nSPS) is 20.7. The zero-order chi connectivity index (χ0) is 14.1. The number of rotatable bonds is 9. The molecule has 1 rings (SSSR count). The van der Waals surface area contributed by atoms with E-state index in [1.165, 1.54) is 6.42 Å². The first-order chi connectivity index (χ1) is 9.13. The SMILES string of the molecule is COCCC(C)NCC(CC(C)C)N1CCOCC1. The van der Waals surface area contributed by atoms with Gasteiger partial charge in [-0.3, -0.25) is 4.90 Å². The first kappa shape index (κ1) is 16.9. The van der Waals surface area contributed by atoms with Crippen molar-refractivity contribution in [3.63, 3.8) is 0 Å². The van der Waals surface area contributed by atoms with Gasteiger partial charge < -0.3 is 14.8 Å². The van der Waals surface area contributed by atoms with Crippen LogP contribution in [0.25, 0.3) is 0 Å². The van der Waals surface area contributed by atoms with Gasteiger partial charge in [0.15, 0.2) is 0 Å². The van der Waals surface area contributed by atoms with Gasteiger partial charge in [-0.1, -0.05) is 13.8 Å². The summed E-state index contributed by atoms with van der Waals surface area (Å²) in [4.78, 5) is 2.58. The molecule has 4 nitrogen and oxygen atoms in total. The molecule has 19 heavy (non-hydrogen) atoms. The zero-order valence-corrected chi connectivity index (χ0v) is 13.2. The molecular formula is C15H32N2O2. The lowest BCUT2D eigenvalue weighted by atomic mass is 10.0. The summed E-state index contributed by atoms with van der Waals surface area (Å²) in [6, 6.07) is 1.16. The Morgan fingerprint density at radius 3 is 2.47 bits per heavy atom. The van der Waals surface area contributed by atoms with E-state index < -0.39 is 0 Å². The Morgan fingerprint density at radius 2 is 1.89 bits per heavy atom. The fourth-order valence-electron chi connectivity index (χ4n) is 2.58. The molecule has 114 valence electrons. The third-order valence-electron chi connectivity index (χ3n) is 3.76. The first-order valence-corrected chi connectivity index (χ1v) is 7.67. The van der Waals surface area contributed by atoms with Crippen molar-refractivity contribution in [2.45, 2.75) is 45.7 Å². The molecule has 2 unspecified atom stereocenters. The summed E-state index contributed by atoms with van der Waals surface area (Å²) in [5.41, 5.74) is 0. The lowest BCUT2D eigenvalue weighted by molar-refractivity contribution is 0.0117. The molecule has 0 radical (unpaired) electrons. The van der Waals surface area contributed by atoms with E-state index in [0.29, 0.717) is 12.1 Å². The van der Waals surface area contributed by atoms with Crippen molar-refractivity contribution in [3.8, 4) is 0 Å². The highest BCUT2D eigenvalue weighted by atomic mass is 16.5.